The number of benzene rings is 1. The van der Waals surface area contributed by atoms with Gasteiger partial charge in [-0.1, -0.05) is 0 Å². The van der Waals surface area contributed by atoms with Crippen molar-refractivity contribution in [2.45, 2.75) is 32.5 Å². The topological polar surface area (TPSA) is 85.4 Å². The molecule has 10 heteroatoms. The fourth-order valence-corrected chi connectivity index (χ4v) is 4.98. The first-order valence-electron chi connectivity index (χ1n) is 10.9. The lowest BCUT2D eigenvalue weighted by molar-refractivity contribution is -0.137. The van der Waals surface area contributed by atoms with Gasteiger partial charge in [-0.3, -0.25) is 9.48 Å². The quantitative estimate of drug-likeness (QED) is 0.740. The second-order valence-corrected chi connectivity index (χ2v) is 9.06. The maximum Gasteiger partial charge on any atom is 0.417 e. The Bertz CT molecular complexity index is 1080. The van der Waals surface area contributed by atoms with Gasteiger partial charge in [0, 0.05) is 62.4 Å². The highest BCUT2D eigenvalue weighted by Crippen LogP contribution is 2.44. The molecule has 176 valence electrons. The Labute approximate surface area is 190 Å². The Morgan fingerprint density at radius 3 is 2.79 bits per heavy atom. The molecule has 1 N–H and O–H groups in total. The molecule has 0 bridgehead atoms. The molecule has 0 saturated carbocycles. The number of piperidine rings is 1. The van der Waals surface area contributed by atoms with Gasteiger partial charge in [0.25, 0.3) is 0 Å². The van der Waals surface area contributed by atoms with Gasteiger partial charge >= 0.3 is 6.18 Å². The van der Waals surface area contributed by atoms with Gasteiger partial charge < -0.3 is 14.9 Å². The minimum absolute atomic E-state index is 0.0188. The smallest absolute Gasteiger partial charge is 0.396 e. The number of likely N-dealkylation sites (tertiary alicyclic amines) is 1. The molecule has 0 spiro atoms. The second kappa shape index (κ2) is 8.71. The van der Waals surface area contributed by atoms with E-state index in [4.69, 9.17) is 5.26 Å². The van der Waals surface area contributed by atoms with Crippen LogP contribution < -0.4 is 4.90 Å². The fraction of sp³-hybridized carbons (Fsp3) is 0.522. The number of carbonyl (C=O) groups is 1. The molecule has 2 aromatic rings. The number of aryl methyl sites for hydroxylation is 2. The number of aliphatic hydroxyl groups is 1. The van der Waals surface area contributed by atoms with Crippen molar-refractivity contribution in [1.82, 2.24) is 14.7 Å². The number of aliphatic hydroxyl groups excluding tert-OH is 1. The highest BCUT2D eigenvalue weighted by molar-refractivity contribution is 5.76. The number of carbonyl (C=O) groups excluding carboxylic acids is 1. The van der Waals surface area contributed by atoms with E-state index in [9.17, 15) is 23.1 Å². The van der Waals surface area contributed by atoms with E-state index in [1.807, 2.05) is 18.0 Å². The molecular formula is C23H26F3N5O2. The van der Waals surface area contributed by atoms with Crippen molar-refractivity contribution in [3.8, 4) is 6.07 Å². The largest absolute Gasteiger partial charge is 0.417 e. The number of rotatable bonds is 5. The number of amides is 1. The molecule has 7 nitrogen and oxygen atoms in total. The minimum atomic E-state index is -4.62. The van der Waals surface area contributed by atoms with Crippen LogP contribution in [0, 0.1) is 29.6 Å². The Kier molecular flexibility index (Phi) is 6.10. The standard InChI is InChI=1S/C23H26F3N5O2/c1-16-10-28-31(11-16)6-4-21(33)30-13-18-12-29(7-5-22(18,14-30)15-32)19-3-2-17(9-27)20(8-19)23(24,25)26/h2-3,8,10-11,18,32H,4-7,12-15H2,1H3/t18-,22+/m1/s1. The van der Waals surface area contributed by atoms with Gasteiger partial charge in [-0.2, -0.15) is 23.5 Å². The number of halogens is 3. The van der Waals surface area contributed by atoms with Gasteiger partial charge in [0.1, 0.15) is 0 Å². The number of anilines is 1. The van der Waals surface area contributed by atoms with Crippen molar-refractivity contribution < 1.29 is 23.1 Å². The molecule has 1 aromatic carbocycles. The number of fused-ring (bicyclic) bond motifs is 1. The van der Waals surface area contributed by atoms with Crippen molar-refractivity contribution in [2.75, 3.05) is 37.7 Å². The summed E-state index contributed by atoms with van der Waals surface area (Å²) < 4.78 is 41.9. The van der Waals surface area contributed by atoms with E-state index < -0.39 is 22.7 Å². The molecule has 4 rings (SSSR count). The number of alkyl halides is 3. The summed E-state index contributed by atoms with van der Waals surface area (Å²) >= 11 is 0. The number of hydrogen-bond acceptors (Lipinski definition) is 5. The lowest BCUT2D eigenvalue weighted by atomic mass is 9.73. The third-order valence-electron chi connectivity index (χ3n) is 6.91. The molecule has 1 aromatic heterocycles. The van der Waals surface area contributed by atoms with Gasteiger partial charge in [-0.15, -0.1) is 0 Å². The van der Waals surface area contributed by atoms with Gasteiger partial charge in [0.05, 0.1) is 30.0 Å². The van der Waals surface area contributed by atoms with Gasteiger partial charge in [0.15, 0.2) is 0 Å². The first-order chi connectivity index (χ1) is 15.6. The summed E-state index contributed by atoms with van der Waals surface area (Å²) in [6.45, 7) is 4.13. The molecular weight excluding hydrogens is 435 g/mol. The maximum atomic E-state index is 13.4. The van der Waals surface area contributed by atoms with Crippen LogP contribution in [0.2, 0.25) is 0 Å². The van der Waals surface area contributed by atoms with E-state index in [1.54, 1.807) is 21.8 Å². The normalized spacial score (nSPS) is 22.8. The van der Waals surface area contributed by atoms with Crippen LogP contribution in [0.25, 0.3) is 0 Å². The van der Waals surface area contributed by atoms with Crippen LogP contribution in [-0.2, 0) is 17.5 Å². The van der Waals surface area contributed by atoms with Crippen LogP contribution in [0.4, 0.5) is 18.9 Å². The molecule has 3 heterocycles. The lowest BCUT2D eigenvalue weighted by Gasteiger charge is -2.43. The average molecular weight is 461 g/mol. The lowest BCUT2D eigenvalue weighted by Crippen LogP contribution is -2.49. The van der Waals surface area contributed by atoms with Crippen molar-refractivity contribution in [3.05, 3.63) is 47.3 Å². The number of nitriles is 1. The van der Waals surface area contributed by atoms with Crippen molar-refractivity contribution >= 4 is 11.6 Å². The van der Waals surface area contributed by atoms with E-state index >= 15 is 0 Å². The third kappa shape index (κ3) is 4.55. The summed E-state index contributed by atoms with van der Waals surface area (Å²) in [4.78, 5) is 16.5. The van der Waals surface area contributed by atoms with Crippen LogP contribution in [0.5, 0.6) is 0 Å². The highest BCUT2D eigenvalue weighted by atomic mass is 19.4. The Balaban J connectivity index is 1.47. The molecule has 2 atom stereocenters. The Hall–Kier alpha value is -3.06. The number of aromatic nitrogens is 2. The molecule has 0 unspecified atom stereocenters. The van der Waals surface area contributed by atoms with E-state index in [-0.39, 0.29) is 18.4 Å². The number of hydrogen-bond donors (Lipinski definition) is 1. The van der Waals surface area contributed by atoms with Gasteiger partial charge in [-0.05, 0) is 37.1 Å². The minimum Gasteiger partial charge on any atom is -0.396 e. The van der Waals surface area contributed by atoms with Crippen molar-refractivity contribution in [2.24, 2.45) is 11.3 Å². The summed E-state index contributed by atoms with van der Waals surface area (Å²) in [7, 11) is 0. The van der Waals surface area contributed by atoms with Crippen LogP contribution in [0.3, 0.4) is 0 Å². The predicted octanol–water partition coefficient (Wildman–Crippen LogP) is 2.82. The zero-order chi connectivity index (χ0) is 23.8. The fourth-order valence-electron chi connectivity index (χ4n) is 4.98. The third-order valence-corrected chi connectivity index (χ3v) is 6.91. The first-order valence-corrected chi connectivity index (χ1v) is 10.9. The van der Waals surface area contributed by atoms with Gasteiger partial charge in [0.2, 0.25) is 5.91 Å². The summed E-state index contributed by atoms with van der Waals surface area (Å²) in [5, 5.41) is 23.4. The molecule has 2 aliphatic heterocycles. The summed E-state index contributed by atoms with van der Waals surface area (Å²) in [5.74, 6) is -0.0770. The van der Waals surface area contributed by atoms with Crippen LogP contribution in [0.15, 0.2) is 30.6 Å². The SMILES string of the molecule is Cc1cnn(CCC(=O)N2C[C@H]3CN(c4ccc(C#N)c(C(F)(F)F)c4)CC[C@@]3(CO)C2)c1. The predicted molar refractivity (Wildman–Crippen MR) is 114 cm³/mol. The molecule has 2 fully saturated rings. The molecule has 0 radical (unpaired) electrons. The van der Waals surface area contributed by atoms with E-state index in [1.165, 1.54) is 12.1 Å². The van der Waals surface area contributed by atoms with Crippen LogP contribution in [0.1, 0.15) is 29.5 Å². The van der Waals surface area contributed by atoms with Crippen molar-refractivity contribution in [3.63, 3.8) is 0 Å². The molecule has 2 saturated heterocycles. The van der Waals surface area contributed by atoms with Crippen molar-refractivity contribution in [1.29, 1.82) is 5.26 Å². The molecule has 2 aliphatic rings. The summed E-state index contributed by atoms with van der Waals surface area (Å²) in [5.41, 5.74) is -0.387. The van der Waals surface area contributed by atoms with E-state index in [0.29, 0.717) is 51.3 Å². The highest BCUT2D eigenvalue weighted by Gasteiger charge is 2.50. The molecule has 0 aliphatic carbocycles. The van der Waals surface area contributed by atoms with Gasteiger partial charge in [-0.25, -0.2) is 0 Å². The Morgan fingerprint density at radius 2 is 2.15 bits per heavy atom. The molecule has 33 heavy (non-hydrogen) atoms. The van der Waals surface area contributed by atoms with E-state index in [2.05, 4.69) is 5.10 Å². The van der Waals surface area contributed by atoms with Crippen LogP contribution in [-0.4, -0.2) is 58.5 Å². The number of nitrogens with zero attached hydrogens (tertiary/aromatic N) is 5. The first kappa shape index (κ1) is 23.1. The van der Waals surface area contributed by atoms with Crippen LogP contribution >= 0.6 is 0 Å². The van der Waals surface area contributed by atoms with E-state index in [0.717, 1.165) is 11.6 Å². The molecule has 1 amide bonds. The zero-order valence-electron chi connectivity index (χ0n) is 18.3. The Morgan fingerprint density at radius 1 is 1.36 bits per heavy atom. The zero-order valence-corrected chi connectivity index (χ0v) is 18.3. The summed E-state index contributed by atoms with van der Waals surface area (Å²) in [6.07, 6.45) is -0.148. The maximum absolute atomic E-state index is 13.4. The average Bonchev–Trinajstić information content (AvgIpc) is 3.39. The second-order valence-electron chi connectivity index (χ2n) is 9.06. The summed E-state index contributed by atoms with van der Waals surface area (Å²) in [6, 6.07) is 5.36. The monoisotopic (exact) mass is 461 g/mol.